The average molecular weight is 283 g/mol. The number of carboxylic acid groups (broad SMARTS) is 1. The first-order valence-electron chi connectivity index (χ1n) is 6.54. The van der Waals surface area contributed by atoms with Crippen molar-refractivity contribution in [3.63, 3.8) is 0 Å². The fraction of sp³-hybridized carbons (Fsp3) is 0.500. The number of nitrogens with one attached hydrogen (secondary N) is 1. The highest BCUT2D eigenvalue weighted by molar-refractivity contribution is 6.31. The molecular formula is C14H19ClN2O2. The Morgan fingerprint density at radius 1 is 1.58 bits per heavy atom. The van der Waals surface area contributed by atoms with E-state index in [2.05, 4.69) is 10.2 Å². The summed E-state index contributed by atoms with van der Waals surface area (Å²) in [6, 6.07) is 5.10. The molecule has 1 fully saturated rings. The molecule has 19 heavy (non-hydrogen) atoms. The Morgan fingerprint density at radius 2 is 2.37 bits per heavy atom. The number of hydrogen-bond donors (Lipinski definition) is 2. The van der Waals surface area contributed by atoms with Gasteiger partial charge >= 0.3 is 5.97 Å². The maximum Gasteiger partial charge on any atom is 0.337 e. The van der Waals surface area contributed by atoms with Crippen LogP contribution in [0.1, 0.15) is 23.2 Å². The van der Waals surface area contributed by atoms with Crippen molar-refractivity contribution in [1.29, 1.82) is 0 Å². The third-order valence-corrected chi connectivity index (χ3v) is 3.78. The number of benzene rings is 1. The molecule has 1 atom stereocenters. The SMILES string of the molecule is CNCC1CCCN(c2ccc(Cl)cc2C(=O)O)C1. The van der Waals surface area contributed by atoms with E-state index in [0.29, 0.717) is 10.9 Å². The monoisotopic (exact) mass is 282 g/mol. The van der Waals surface area contributed by atoms with Crippen molar-refractivity contribution in [2.45, 2.75) is 12.8 Å². The molecule has 0 saturated carbocycles. The van der Waals surface area contributed by atoms with Crippen LogP contribution in [0.15, 0.2) is 18.2 Å². The highest BCUT2D eigenvalue weighted by atomic mass is 35.5. The van der Waals surface area contributed by atoms with Crippen molar-refractivity contribution >= 4 is 23.3 Å². The van der Waals surface area contributed by atoms with Gasteiger partial charge in [0.25, 0.3) is 0 Å². The summed E-state index contributed by atoms with van der Waals surface area (Å²) in [5, 5.41) is 12.9. The Labute approximate surface area is 118 Å². The van der Waals surface area contributed by atoms with E-state index in [0.717, 1.165) is 31.7 Å². The van der Waals surface area contributed by atoms with Crippen LogP contribution in [0.2, 0.25) is 5.02 Å². The molecule has 1 heterocycles. The molecule has 5 heteroatoms. The lowest BCUT2D eigenvalue weighted by atomic mass is 9.97. The summed E-state index contributed by atoms with van der Waals surface area (Å²) in [6.07, 6.45) is 2.28. The maximum atomic E-state index is 11.3. The van der Waals surface area contributed by atoms with E-state index < -0.39 is 5.97 Å². The summed E-state index contributed by atoms with van der Waals surface area (Å²) in [6.45, 7) is 2.76. The van der Waals surface area contributed by atoms with Gasteiger partial charge in [0, 0.05) is 18.1 Å². The van der Waals surface area contributed by atoms with Crippen LogP contribution in [0, 0.1) is 5.92 Å². The van der Waals surface area contributed by atoms with Crippen molar-refractivity contribution in [3.8, 4) is 0 Å². The molecule has 0 bridgehead atoms. The average Bonchev–Trinajstić information content (AvgIpc) is 2.39. The molecule has 1 unspecified atom stereocenters. The van der Waals surface area contributed by atoms with Gasteiger partial charge in [0.15, 0.2) is 0 Å². The lowest BCUT2D eigenvalue weighted by Gasteiger charge is -2.35. The Kier molecular flexibility index (Phi) is 4.66. The standard InChI is InChI=1S/C14H19ClN2O2/c1-16-8-10-3-2-6-17(9-10)13-5-4-11(15)7-12(13)14(18)19/h4-5,7,10,16H,2-3,6,8-9H2,1H3,(H,18,19). The minimum absolute atomic E-state index is 0.289. The highest BCUT2D eigenvalue weighted by Gasteiger charge is 2.23. The molecule has 4 nitrogen and oxygen atoms in total. The molecule has 1 saturated heterocycles. The molecule has 0 amide bonds. The molecule has 1 aromatic carbocycles. The number of carboxylic acids is 1. The van der Waals surface area contributed by atoms with E-state index >= 15 is 0 Å². The van der Waals surface area contributed by atoms with Crippen LogP contribution < -0.4 is 10.2 Å². The van der Waals surface area contributed by atoms with Gasteiger partial charge in [0.2, 0.25) is 0 Å². The molecule has 1 aliphatic heterocycles. The summed E-state index contributed by atoms with van der Waals surface area (Å²) in [4.78, 5) is 13.5. The van der Waals surface area contributed by atoms with Crippen LogP contribution in [0.25, 0.3) is 0 Å². The van der Waals surface area contributed by atoms with Gasteiger partial charge in [-0.2, -0.15) is 0 Å². The fourth-order valence-corrected chi connectivity index (χ4v) is 2.87. The quantitative estimate of drug-likeness (QED) is 0.891. The van der Waals surface area contributed by atoms with E-state index in [1.54, 1.807) is 6.07 Å². The lowest BCUT2D eigenvalue weighted by Crippen LogP contribution is -2.39. The van der Waals surface area contributed by atoms with Crippen LogP contribution in [0.5, 0.6) is 0 Å². The molecule has 104 valence electrons. The first-order valence-corrected chi connectivity index (χ1v) is 6.92. The molecule has 1 aromatic rings. The van der Waals surface area contributed by atoms with Gasteiger partial charge in [0.1, 0.15) is 0 Å². The topological polar surface area (TPSA) is 52.6 Å². The highest BCUT2D eigenvalue weighted by Crippen LogP contribution is 2.28. The van der Waals surface area contributed by atoms with Gasteiger partial charge in [-0.15, -0.1) is 0 Å². The minimum Gasteiger partial charge on any atom is -0.478 e. The lowest BCUT2D eigenvalue weighted by molar-refractivity contribution is 0.0697. The van der Waals surface area contributed by atoms with E-state index in [1.807, 2.05) is 13.1 Å². The summed E-state index contributed by atoms with van der Waals surface area (Å²) < 4.78 is 0. The van der Waals surface area contributed by atoms with Crippen LogP contribution in [-0.2, 0) is 0 Å². The van der Waals surface area contributed by atoms with Gasteiger partial charge in [-0.1, -0.05) is 11.6 Å². The first-order chi connectivity index (χ1) is 9.11. The second-order valence-electron chi connectivity index (χ2n) is 4.98. The third kappa shape index (κ3) is 3.39. The van der Waals surface area contributed by atoms with E-state index in [4.69, 9.17) is 11.6 Å². The third-order valence-electron chi connectivity index (χ3n) is 3.54. The largest absolute Gasteiger partial charge is 0.478 e. The van der Waals surface area contributed by atoms with Gasteiger partial charge in [0.05, 0.1) is 11.3 Å². The molecule has 0 spiro atoms. The number of nitrogens with zero attached hydrogens (tertiary/aromatic N) is 1. The molecule has 0 radical (unpaired) electrons. The normalized spacial score (nSPS) is 19.5. The fourth-order valence-electron chi connectivity index (χ4n) is 2.69. The summed E-state index contributed by atoms with van der Waals surface area (Å²) in [5.41, 5.74) is 1.07. The first kappa shape index (κ1) is 14.2. The second kappa shape index (κ2) is 6.26. The Hall–Kier alpha value is -1.26. The Balaban J connectivity index is 2.23. The van der Waals surface area contributed by atoms with Gasteiger partial charge in [-0.25, -0.2) is 4.79 Å². The zero-order chi connectivity index (χ0) is 13.8. The molecule has 1 aliphatic rings. The molecule has 0 aromatic heterocycles. The Morgan fingerprint density at radius 3 is 3.05 bits per heavy atom. The number of hydrogen-bond acceptors (Lipinski definition) is 3. The molecule has 2 rings (SSSR count). The number of anilines is 1. The number of carbonyl (C=O) groups is 1. The molecular weight excluding hydrogens is 264 g/mol. The van der Waals surface area contributed by atoms with Crippen molar-refractivity contribution in [2.75, 3.05) is 31.6 Å². The van der Waals surface area contributed by atoms with Crippen molar-refractivity contribution in [1.82, 2.24) is 5.32 Å². The van der Waals surface area contributed by atoms with Crippen LogP contribution >= 0.6 is 11.6 Å². The van der Waals surface area contributed by atoms with Gasteiger partial charge in [-0.05, 0) is 50.6 Å². The van der Waals surface area contributed by atoms with Crippen LogP contribution in [-0.4, -0.2) is 37.8 Å². The predicted octanol–water partition coefficient (Wildman–Crippen LogP) is 2.47. The maximum absolute atomic E-state index is 11.3. The molecule has 0 aliphatic carbocycles. The molecule has 2 N–H and O–H groups in total. The second-order valence-corrected chi connectivity index (χ2v) is 5.42. The Bertz CT molecular complexity index is 463. The van der Waals surface area contributed by atoms with E-state index in [1.165, 1.54) is 12.5 Å². The van der Waals surface area contributed by atoms with Crippen molar-refractivity contribution < 1.29 is 9.90 Å². The number of aromatic carboxylic acids is 1. The van der Waals surface area contributed by atoms with Gasteiger partial charge in [-0.3, -0.25) is 0 Å². The van der Waals surface area contributed by atoms with E-state index in [9.17, 15) is 9.90 Å². The zero-order valence-corrected chi connectivity index (χ0v) is 11.8. The zero-order valence-electron chi connectivity index (χ0n) is 11.0. The minimum atomic E-state index is -0.923. The summed E-state index contributed by atoms with van der Waals surface area (Å²) in [7, 11) is 1.95. The number of piperidine rings is 1. The van der Waals surface area contributed by atoms with Crippen molar-refractivity contribution in [3.05, 3.63) is 28.8 Å². The summed E-state index contributed by atoms with van der Waals surface area (Å²) in [5.74, 6) is -0.357. The van der Waals surface area contributed by atoms with Crippen LogP contribution in [0.3, 0.4) is 0 Å². The van der Waals surface area contributed by atoms with Crippen LogP contribution in [0.4, 0.5) is 5.69 Å². The number of halogens is 1. The number of rotatable bonds is 4. The predicted molar refractivity (Wildman–Crippen MR) is 77.3 cm³/mol. The summed E-state index contributed by atoms with van der Waals surface area (Å²) >= 11 is 5.89. The van der Waals surface area contributed by atoms with E-state index in [-0.39, 0.29) is 5.56 Å². The van der Waals surface area contributed by atoms with Gasteiger partial charge < -0.3 is 15.3 Å². The van der Waals surface area contributed by atoms with Crippen molar-refractivity contribution in [2.24, 2.45) is 5.92 Å². The smallest absolute Gasteiger partial charge is 0.337 e.